The fraction of sp³-hybridized carbons (Fsp3) is 0.321. The van der Waals surface area contributed by atoms with Crippen molar-refractivity contribution in [2.24, 2.45) is 5.92 Å². The summed E-state index contributed by atoms with van der Waals surface area (Å²) in [6.45, 7) is 13.1. The predicted octanol–water partition coefficient (Wildman–Crippen LogP) is 5.30. The number of aryl methyl sites for hydroxylation is 1. The van der Waals surface area contributed by atoms with Crippen LogP contribution in [0.3, 0.4) is 0 Å². The van der Waals surface area contributed by atoms with Gasteiger partial charge >= 0.3 is 0 Å². The normalized spacial score (nSPS) is 15.7. The summed E-state index contributed by atoms with van der Waals surface area (Å²) in [6, 6.07) is 6.01. The lowest BCUT2D eigenvalue weighted by Crippen LogP contribution is -2.44. The lowest BCUT2D eigenvalue weighted by atomic mass is 10.2. The Hall–Kier alpha value is -4.63. The van der Waals surface area contributed by atoms with Crippen molar-refractivity contribution in [1.29, 1.82) is 0 Å². The van der Waals surface area contributed by atoms with Gasteiger partial charge in [-0.15, -0.1) is 0 Å². The summed E-state index contributed by atoms with van der Waals surface area (Å²) in [5.74, 6) is -2.22. The highest BCUT2D eigenvalue weighted by atomic mass is 19.1. The van der Waals surface area contributed by atoms with E-state index in [4.69, 9.17) is 11.3 Å². The summed E-state index contributed by atoms with van der Waals surface area (Å²) in [4.78, 5) is 33.3. The van der Waals surface area contributed by atoms with Gasteiger partial charge in [0.25, 0.3) is 5.69 Å². The van der Waals surface area contributed by atoms with Gasteiger partial charge in [-0.1, -0.05) is 0 Å². The molecule has 1 saturated carbocycles. The van der Waals surface area contributed by atoms with E-state index in [0.717, 1.165) is 57.1 Å². The number of piperazine rings is 1. The van der Waals surface area contributed by atoms with Crippen molar-refractivity contribution in [2.45, 2.75) is 19.8 Å². The number of aromatic nitrogens is 4. The number of benzene rings is 1. The molecule has 10 nitrogen and oxygen atoms in total. The third-order valence-electron chi connectivity index (χ3n) is 7.24. The van der Waals surface area contributed by atoms with E-state index < -0.39 is 17.4 Å². The minimum atomic E-state index is -0.855. The molecule has 2 aliphatic rings. The number of nitrogens with zero attached hydrogens (tertiary/aromatic N) is 7. The van der Waals surface area contributed by atoms with Gasteiger partial charge in [0.15, 0.2) is 17.4 Å². The SMILES string of the molecule is [C-]#[N+]c1c(Nc2ccc(N3CCN(C)CC3)cn2)ncnc1Oc1cc(F)c2c(cc(C)n2C(=O)C2CC2)c1F. The molecule has 40 heavy (non-hydrogen) atoms. The van der Waals surface area contributed by atoms with Gasteiger partial charge < -0.3 is 19.9 Å². The molecule has 0 unspecified atom stereocenters. The molecule has 0 atom stereocenters. The van der Waals surface area contributed by atoms with Crippen LogP contribution in [0.15, 0.2) is 36.8 Å². The minimum absolute atomic E-state index is 0.0806. The Morgan fingerprint density at radius 2 is 1.90 bits per heavy atom. The number of likely N-dealkylation sites (N-methyl/N-ethyl adjacent to an activating group) is 1. The molecular formula is C28H26F2N8O2. The van der Waals surface area contributed by atoms with Gasteiger partial charge in [0.2, 0.25) is 11.8 Å². The number of ether oxygens (including phenoxy) is 1. The number of pyridine rings is 1. The monoisotopic (exact) mass is 544 g/mol. The van der Waals surface area contributed by atoms with E-state index in [1.807, 2.05) is 6.07 Å². The van der Waals surface area contributed by atoms with Crippen LogP contribution in [-0.4, -0.2) is 63.6 Å². The zero-order valence-electron chi connectivity index (χ0n) is 22.0. The number of rotatable bonds is 6. The molecule has 4 heterocycles. The Kier molecular flexibility index (Phi) is 6.51. The van der Waals surface area contributed by atoms with Crippen molar-refractivity contribution in [3.8, 4) is 11.6 Å². The van der Waals surface area contributed by atoms with Crippen LogP contribution >= 0.6 is 0 Å². The molecule has 1 N–H and O–H groups in total. The highest BCUT2D eigenvalue weighted by Gasteiger charge is 2.33. The fourth-order valence-corrected chi connectivity index (χ4v) is 4.86. The van der Waals surface area contributed by atoms with Crippen LogP contribution < -0.4 is 15.0 Å². The van der Waals surface area contributed by atoms with Crippen molar-refractivity contribution >= 4 is 39.8 Å². The standard InChI is InChI=1S/C28H26F2N8O2/c1-16-12-19-23(30)21(13-20(29)25(19)38(16)28(39)17-4-5-17)40-27-24(31-2)26(33-15-34-27)35-22-7-6-18(14-32-22)37-10-8-36(3)9-11-37/h6-7,12-15,17H,4-5,8-11H2,1,3H3,(H,32,33,34,35). The molecule has 1 aliphatic heterocycles. The summed E-state index contributed by atoms with van der Waals surface area (Å²) in [5.41, 5.74) is 1.18. The second-order valence-electron chi connectivity index (χ2n) is 10.1. The highest BCUT2D eigenvalue weighted by molar-refractivity contribution is 5.96. The maximum absolute atomic E-state index is 15.5. The number of carbonyl (C=O) groups is 1. The lowest BCUT2D eigenvalue weighted by Gasteiger charge is -2.33. The van der Waals surface area contributed by atoms with Crippen LogP contribution in [-0.2, 0) is 0 Å². The molecule has 6 rings (SSSR count). The molecule has 1 aliphatic carbocycles. The van der Waals surface area contributed by atoms with E-state index in [2.05, 4.69) is 42.0 Å². The van der Waals surface area contributed by atoms with Crippen LogP contribution in [0.5, 0.6) is 11.6 Å². The van der Waals surface area contributed by atoms with E-state index in [0.29, 0.717) is 11.5 Å². The predicted molar refractivity (Wildman–Crippen MR) is 146 cm³/mol. The molecule has 0 amide bonds. The molecule has 0 spiro atoms. The second kappa shape index (κ2) is 10.2. The molecule has 12 heteroatoms. The first kappa shape index (κ1) is 25.6. The molecule has 2 fully saturated rings. The second-order valence-corrected chi connectivity index (χ2v) is 10.1. The molecular weight excluding hydrogens is 518 g/mol. The molecule has 0 radical (unpaired) electrons. The fourth-order valence-electron chi connectivity index (χ4n) is 4.86. The van der Waals surface area contributed by atoms with Gasteiger partial charge in [-0.3, -0.25) is 9.36 Å². The smallest absolute Gasteiger partial charge is 0.288 e. The number of anilines is 3. The summed E-state index contributed by atoms with van der Waals surface area (Å²) in [7, 11) is 2.09. The average Bonchev–Trinajstić information content (AvgIpc) is 3.74. The van der Waals surface area contributed by atoms with Crippen molar-refractivity contribution in [3.05, 3.63) is 65.5 Å². The van der Waals surface area contributed by atoms with E-state index in [-0.39, 0.29) is 40.1 Å². The van der Waals surface area contributed by atoms with Gasteiger partial charge in [0, 0.05) is 49.2 Å². The summed E-state index contributed by atoms with van der Waals surface area (Å²) < 4.78 is 37.6. The Labute approximate surface area is 229 Å². The number of nitrogens with one attached hydrogen (secondary N) is 1. The molecule has 0 bridgehead atoms. The van der Waals surface area contributed by atoms with E-state index in [1.54, 1.807) is 19.2 Å². The van der Waals surface area contributed by atoms with Crippen LogP contribution in [0.25, 0.3) is 15.7 Å². The topological polar surface area (TPSA) is 92.8 Å². The maximum atomic E-state index is 15.5. The number of fused-ring (bicyclic) bond motifs is 1. The number of halogens is 2. The van der Waals surface area contributed by atoms with Gasteiger partial charge in [0.05, 0.1) is 24.0 Å². The van der Waals surface area contributed by atoms with Crippen LogP contribution in [0, 0.1) is 31.0 Å². The number of hydrogen-bond donors (Lipinski definition) is 1. The van der Waals surface area contributed by atoms with Crippen molar-refractivity contribution < 1.29 is 18.3 Å². The first-order chi connectivity index (χ1) is 19.3. The largest absolute Gasteiger partial charge is 0.446 e. The third kappa shape index (κ3) is 4.69. The Morgan fingerprint density at radius 1 is 1.12 bits per heavy atom. The Bertz CT molecular complexity index is 1650. The minimum Gasteiger partial charge on any atom is -0.446 e. The van der Waals surface area contributed by atoms with Crippen molar-refractivity contribution in [3.63, 3.8) is 0 Å². The molecule has 204 valence electrons. The van der Waals surface area contributed by atoms with E-state index >= 15 is 8.78 Å². The van der Waals surface area contributed by atoms with Gasteiger partial charge in [-0.25, -0.2) is 28.6 Å². The lowest BCUT2D eigenvalue weighted by molar-refractivity contribution is 0.0889. The van der Waals surface area contributed by atoms with Crippen LogP contribution in [0.2, 0.25) is 0 Å². The average molecular weight is 545 g/mol. The first-order valence-corrected chi connectivity index (χ1v) is 12.9. The number of hydrogen-bond acceptors (Lipinski definition) is 8. The molecule has 1 saturated heterocycles. The third-order valence-corrected chi connectivity index (χ3v) is 7.24. The summed E-state index contributed by atoms with van der Waals surface area (Å²) in [5, 5.41) is 2.91. The Morgan fingerprint density at radius 3 is 2.58 bits per heavy atom. The van der Waals surface area contributed by atoms with Crippen molar-refractivity contribution in [2.75, 3.05) is 43.4 Å². The maximum Gasteiger partial charge on any atom is 0.288 e. The van der Waals surface area contributed by atoms with Crippen LogP contribution in [0.4, 0.5) is 31.8 Å². The zero-order valence-corrected chi connectivity index (χ0v) is 22.0. The molecule has 3 aromatic heterocycles. The summed E-state index contributed by atoms with van der Waals surface area (Å²) >= 11 is 0. The van der Waals surface area contributed by atoms with Crippen molar-refractivity contribution in [1.82, 2.24) is 24.4 Å². The molecule has 1 aromatic carbocycles. The summed E-state index contributed by atoms with van der Waals surface area (Å²) in [6.07, 6.45) is 4.39. The number of carbonyl (C=O) groups excluding carboxylic acids is 1. The van der Waals surface area contributed by atoms with E-state index in [1.165, 1.54) is 10.6 Å². The van der Waals surface area contributed by atoms with Gasteiger partial charge in [-0.2, -0.15) is 0 Å². The van der Waals surface area contributed by atoms with Gasteiger partial charge in [0.1, 0.15) is 18.0 Å². The van der Waals surface area contributed by atoms with E-state index in [9.17, 15) is 4.79 Å². The first-order valence-electron chi connectivity index (χ1n) is 12.9. The van der Waals surface area contributed by atoms with Gasteiger partial charge in [-0.05, 0) is 45.0 Å². The quantitative estimate of drug-likeness (QED) is 0.327. The highest BCUT2D eigenvalue weighted by Crippen LogP contribution is 2.40. The molecule has 4 aromatic rings. The Balaban J connectivity index is 1.26. The zero-order chi connectivity index (χ0) is 28.0. The van der Waals surface area contributed by atoms with Crippen LogP contribution in [0.1, 0.15) is 23.3 Å².